The molecule has 1 aliphatic heterocycles. The number of rotatable bonds is 1. The minimum absolute atomic E-state index is 0.0838. The number of benzene rings is 1. The Morgan fingerprint density at radius 3 is 2.67 bits per heavy atom. The number of carbonyl (C=O) groups excluding carboxylic acids is 1. The molecule has 1 aromatic heterocycles. The maximum Gasteiger partial charge on any atom is 0.258 e. The Labute approximate surface area is 106 Å². The molecule has 0 saturated heterocycles. The maximum absolute atomic E-state index is 12.4. The van der Waals surface area contributed by atoms with Crippen molar-refractivity contribution in [2.45, 2.75) is 6.42 Å². The molecule has 1 aromatic carbocycles. The number of anilines is 1. The predicted octanol–water partition coefficient (Wildman–Crippen LogP) is 1.71. The Morgan fingerprint density at radius 2 is 1.89 bits per heavy atom. The molecule has 3 nitrogen and oxygen atoms in total. The molecule has 0 bridgehead atoms. The van der Waals surface area contributed by atoms with Crippen molar-refractivity contribution in [3.05, 3.63) is 59.9 Å². The average Bonchev–Trinajstić information content (AvgIpc) is 2.82. The minimum atomic E-state index is 0.0838. The molecule has 18 heavy (non-hydrogen) atoms. The summed E-state index contributed by atoms with van der Waals surface area (Å²) < 4.78 is 1.93. The monoisotopic (exact) mass is 239 g/mol. The second kappa shape index (κ2) is 4.26. The van der Waals surface area contributed by atoms with Crippen LogP contribution < -0.4 is 9.47 Å². The molecule has 0 unspecified atom stereocenters. The lowest BCUT2D eigenvalue weighted by atomic mass is 10.2. The first-order valence-corrected chi connectivity index (χ1v) is 6.11. The molecule has 1 amide bonds. The molecule has 1 aliphatic rings. The zero-order valence-electron chi connectivity index (χ0n) is 10.3. The van der Waals surface area contributed by atoms with Gasteiger partial charge in [-0.3, -0.25) is 4.79 Å². The van der Waals surface area contributed by atoms with Crippen LogP contribution in [-0.4, -0.2) is 12.5 Å². The largest absolute Gasteiger partial charge is 0.308 e. The van der Waals surface area contributed by atoms with Crippen molar-refractivity contribution in [3.8, 4) is 0 Å². The smallest absolute Gasteiger partial charge is 0.258 e. The Kier molecular flexibility index (Phi) is 2.59. The van der Waals surface area contributed by atoms with E-state index in [1.165, 1.54) is 5.56 Å². The number of pyridine rings is 1. The molecule has 0 atom stereocenters. The fourth-order valence-electron chi connectivity index (χ4n) is 2.35. The third-order valence-corrected chi connectivity index (χ3v) is 3.36. The highest BCUT2D eigenvalue weighted by Crippen LogP contribution is 2.28. The van der Waals surface area contributed by atoms with Crippen LogP contribution in [0, 0.1) is 0 Å². The molecular formula is C15H15N2O+. The van der Waals surface area contributed by atoms with Gasteiger partial charge in [-0.25, -0.2) is 4.57 Å². The van der Waals surface area contributed by atoms with E-state index in [4.69, 9.17) is 0 Å². The van der Waals surface area contributed by atoms with Gasteiger partial charge in [0.15, 0.2) is 12.4 Å². The van der Waals surface area contributed by atoms with Crippen molar-refractivity contribution in [2.75, 3.05) is 11.4 Å². The number of nitrogens with zero attached hydrogens (tertiary/aromatic N) is 2. The van der Waals surface area contributed by atoms with E-state index >= 15 is 0 Å². The molecule has 90 valence electrons. The first-order valence-electron chi connectivity index (χ1n) is 6.11. The van der Waals surface area contributed by atoms with Crippen LogP contribution in [0.3, 0.4) is 0 Å². The molecule has 0 radical (unpaired) electrons. The van der Waals surface area contributed by atoms with E-state index in [9.17, 15) is 4.79 Å². The van der Waals surface area contributed by atoms with E-state index in [1.54, 1.807) is 0 Å². The Balaban J connectivity index is 1.93. The van der Waals surface area contributed by atoms with E-state index < -0.39 is 0 Å². The summed E-state index contributed by atoms with van der Waals surface area (Å²) in [6, 6.07) is 11.8. The first kappa shape index (κ1) is 11.0. The van der Waals surface area contributed by atoms with Gasteiger partial charge in [0.1, 0.15) is 7.05 Å². The van der Waals surface area contributed by atoms with E-state index in [0.29, 0.717) is 0 Å². The van der Waals surface area contributed by atoms with Crippen molar-refractivity contribution in [1.29, 1.82) is 0 Å². The van der Waals surface area contributed by atoms with Crippen LogP contribution in [0.5, 0.6) is 0 Å². The van der Waals surface area contributed by atoms with E-state index in [-0.39, 0.29) is 5.91 Å². The number of para-hydroxylation sites is 1. The molecule has 0 aliphatic carbocycles. The highest BCUT2D eigenvalue weighted by atomic mass is 16.2. The standard InChI is InChI=1S/C15H15N2O/c1-16-9-6-13(7-10-16)15(18)17-11-8-12-4-2-3-5-14(12)17/h2-7,9-10H,8,11H2,1H3/q+1. The highest BCUT2D eigenvalue weighted by molar-refractivity contribution is 6.07. The number of amides is 1. The zero-order chi connectivity index (χ0) is 12.5. The van der Waals surface area contributed by atoms with Crippen molar-refractivity contribution in [1.82, 2.24) is 0 Å². The van der Waals surface area contributed by atoms with Crippen LogP contribution in [0.25, 0.3) is 0 Å². The van der Waals surface area contributed by atoms with Crippen molar-refractivity contribution in [3.63, 3.8) is 0 Å². The third-order valence-electron chi connectivity index (χ3n) is 3.36. The summed E-state index contributed by atoms with van der Waals surface area (Å²) in [6.45, 7) is 0.777. The second-order valence-electron chi connectivity index (χ2n) is 4.59. The SMILES string of the molecule is C[n+]1ccc(C(=O)N2CCc3ccccc32)cc1. The van der Waals surface area contributed by atoms with Crippen LogP contribution in [0.4, 0.5) is 5.69 Å². The summed E-state index contributed by atoms with van der Waals surface area (Å²) in [6.07, 6.45) is 4.74. The molecule has 2 heterocycles. The normalized spacial score (nSPS) is 13.5. The van der Waals surface area contributed by atoms with E-state index in [2.05, 4.69) is 6.07 Å². The average molecular weight is 239 g/mol. The predicted molar refractivity (Wildman–Crippen MR) is 69.4 cm³/mol. The molecule has 0 fully saturated rings. The summed E-state index contributed by atoms with van der Waals surface area (Å²) >= 11 is 0. The summed E-state index contributed by atoms with van der Waals surface area (Å²) in [5.74, 6) is 0.0838. The van der Waals surface area contributed by atoms with Gasteiger partial charge in [0.2, 0.25) is 0 Å². The zero-order valence-corrected chi connectivity index (χ0v) is 10.3. The van der Waals surface area contributed by atoms with Gasteiger partial charge in [0.25, 0.3) is 5.91 Å². The van der Waals surface area contributed by atoms with Crippen molar-refractivity contribution in [2.24, 2.45) is 7.05 Å². The highest BCUT2D eigenvalue weighted by Gasteiger charge is 2.25. The van der Waals surface area contributed by atoms with Gasteiger partial charge in [-0.15, -0.1) is 0 Å². The molecule has 3 rings (SSSR count). The van der Waals surface area contributed by atoms with Gasteiger partial charge < -0.3 is 4.90 Å². The van der Waals surface area contributed by atoms with Crippen LogP contribution in [0.1, 0.15) is 15.9 Å². The summed E-state index contributed by atoms with van der Waals surface area (Å²) in [5, 5.41) is 0. The topological polar surface area (TPSA) is 24.2 Å². The molecular weight excluding hydrogens is 224 g/mol. The fourth-order valence-corrected chi connectivity index (χ4v) is 2.35. The third kappa shape index (κ3) is 1.78. The van der Waals surface area contributed by atoms with E-state index in [0.717, 1.165) is 24.2 Å². The number of hydrogen-bond donors (Lipinski definition) is 0. The lowest BCUT2D eigenvalue weighted by molar-refractivity contribution is -0.671. The van der Waals surface area contributed by atoms with Gasteiger partial charge in [-0.1, -0.05) is 18.2 Å². The summed E-state index contributed by atoms with van der Waals surface area (Å²) in [5.41, 5.74) is 3.05. The van der Waals surface area contributed by atoms with E-state index in [1.807, 2.05) is 59.2 Å². The number of hydrogen-bond acceptors (Lipinski definition) is 1. The maximum atomic E-state index is 12.4. The number of carbonyl (C=O) groups is 1. The summed E-state index contributed by atoms with van der Waals surface area (Å²) in [7, 11) is 1.94. The van der Waals surface area contributed by atoms with Gasteiger partial charge in [0.05, 0.1) is 5.56 Å². The summed E-state index contributed by atoms with van der Waals surface area (Å²) in [4.78, 5) is 14.3. The van der Waals surface area contributed by atoms with Gasteiger partial charge >= 0.3 is 0 Å². The Hall–Kier alpha value is -2.16. The Morgan fingerprint density at radius 1 is 1.17 bits per heavy atom. The van der Waals surface area contributed by atoms with Crippen LogP contribution >= 0.6 is 0 Å². The minimum Gasteiger partial charge on any atom is -0.308 e. The van der Waals surface area contributed by atoms with Crippen LogP contribution in [0.15, 0.2) is 48.8 Å². The van der Waals surface area contributed by atoms with Gasteiger partial charge in [-0.2, -0.15) is 0 Å². The van der Waals surface area contributed by atoms with Crippen molar-refractivity contribution < 1.29 is 9.36 Å². The molecule has 3 heteroatoms. The first-order chi connectivity index (χ1) is 8.75. The number of fused-ring (bicyclic) bond motifs is 1. The molecule has 2 aromatic rings. The lowest BCUT2D eigenvalue weighted by Gasteiger charge is -2.16. The molecule has 0 spiro atoms. The quantitative estimate of drug-likeness (QED) is 0.695. The van der Waals surface area contributed by atoms with Crippen molar-refractivity contribution >= 4 is 11.6 Å². The van der Waals surface area contributed by atoms with Crippen LogP contribution in [0.2, 0.25) is 0 Å². The van der Waals surface area contributed by atoms with Gasteiger partial charge in [0, 0.05) is 24.4 Å². The Bertz CT molecular complexity index is 590. The second-order valence-corrected chi connectivity index (χ2v) is 4.59. The fraction of sp³-hybridized carbons (Fsp3) is 0.200. The number of aryl methyl sites for hydroxylation is 1. The lowest BCUT2D eigenvalue weighted by Crippen LogP contribution is -2.31. The number of aromatic nitrogens is 1. The van der Waals surface area contributed by atoms with Crippen LogP contribution in [-0.2, 0) is 13.5 Å². The van der Waals surface area contributed by atoms with Gasteiger partial charge in [-0.05, 0) is 18.1 Å². The molecule has 0 saturated carbocycles. The molecule has 0 N–H and O–H groups in total.